The van der Waals surface area contributed by atoms with E-state index in [-0.39, 0.29) is 6.54 Å². The largest absolute Gasteiger partial charge is 0.465 e. The maximum Gasteiger partial charge on any atom is 0.407 e. The molecule has 7 nitrogen and oxygen atoms in total. The normalized spacial score (nSPS) is 20.8. The van der Waals surface area contributed by atoms with Crippen molar-refractivity contribution in [3.8, 4) is 0 Å². The van der Waals surface area contributed by atoms with Gasteiger partial charge in [-0.1, -0.05) is 0 Å². The van der Waals surface area contributed by atoms with Crippen LogP contribution in [-0.2, 0) is 13.0 Å². The molecule has 1 fully saturated rings. The van der Waals surface area contributed by atoms with Crippen LogP contribution in [0.1, 0.15) is 23.6 Å². The maximum atomic E-state index is 12.6. The third kappa shape index (κ3) is 2.96. The second-order valence-corrected chi connectivity index (χ2v) is 7.66. The molecule has 144 valence electrons. The number of amides is 1. The number of hydrogen-bond acceptors (Lipinski definition) is 5. The molecule has 2 aromatic rings. The minimum atomic E-state index is -1.00. The van der Waals surface area contributed by atoms with E-state index in [9.17, 15) is 14.7 Å². The molecule has 1 aromatic heterocycles. The first-order valence-corrected chi connectivity index (χ1v) is 9.38. The number of carboxylic acid groups (broad SMARTS) is 1. The molecule has 1 aromatic carbocycles. The fourth-order valence-electron chi connectivity index (χ4n) is 4.23. The summed E-state index contributed by atoms with van der Waals surface area (Å²) in [4.78, 5) is 29.8. The summed E-state index contributed by atoms with van der Waals surface area (Å²) in [6.45, 7) is 7.59. The lowest BCUT2D eigenvalue weighted by Gasteiger charge is -2.39. The number of nitrogens with zero attached hydrogens (tertiary/aromatic N) is 3. The van der Waals surface area contributed by atoms with Crippen LogP contribution in [0.4, 0.5) is 10.5 Å². The van der Waals surface area contributed by atoms with Gasteiger partial charge in [0.2, 0.25) is 0 Å². The third-order valence-electron chi connectivity index (χ3n) is 6.06. The van der Waals surface area contributed by atoms with Crippen LogP contribution < -0.4 is 10.5 Å². The predicted octanol–water partition coefficient (Wildman–Crippen LogP) is 2.28. The molecule has 0 bridgehead atoms. The average molecular weight is 371 g/mol. The van der Waals surface area contributed by atoms with E-state index in [1.165, 1.54) is 4.90 Å². The quantitative estimate of drug-likeness (QED) is 0.775. The van der Waals surface area contributed by atoms with E-state index >= 15 is 0 Å². The molecule has 0 saturated carbocycles. The van der Waals surface area contributed by atoms with Crippen molar-refractivity contribution in [2.75, 3.05) is 38.1 Å². The van der Waals surface area contributed by atoms with Gasteiger partial charge >= 0.3 is 11.7 Å². The van der Waals surface area contributed by atoms with Gasteiger partial charge in [0.05, 0.1) is 12.1 Å². The number of anilines is 1. The standard InChI is InChI=1S/C20H25N3O4/c1-12-10-22(9-8-21(12)3)17-5-4-15-14-6-7-23(20(25)26)11-16(14)19(24)27-18(15)13(17)2/h4-5,12H,6-11H2,1-3H3,(H,25,26)/t12-/m0/s1. The van der Waals surface area contributed by atoms with E-state index in [1.54, 1.807) is 0 Å². The average Bonchev–Trinajstić information content (AvgIpc) is 2.65. The Hall–Kier alpha value is -2.54. The molecule has 0 aliphatic carbocycles. The minimum absolute atomic E-state index is 0.0969. The van der Waals surface area contributed by atoms with E-state index < -0.39 is 11.7 Å². The smallest absolute Gasteiger partial charge is 0.407 e. The monoisotopic (exact) mass is 371 g/mol. The summed E-state index contributed by atoms with van der Waals surface area (Å²) in [5.74, 6) is 0. The van der Waals surface area contributed by atoms with Crippen molar-refractivity contribution in [3.05, 3.63) is 39.2 Å². The molecule has 0 radical (unpaired) electrons. The topological polar surface area (TPSA) is 77.2 Å². The van der Waals surface area contributed by atoms with Gasteiger partial charge < -0.3 is 24.2 Å². The molecule has 3 heterocycles. The number of carbonyl (C=O) groups is 1. The molecule has 1 amide bonds. The summed E-state index contributed by atoms with van der Waals surface area (Å²) < 4.78 is 5.69. The highest BCUT2D eigenvalue weighted by atomic mass is 16.4. The van der Waals surface area contributed by atoms with Gasteiger partial charge in [0.1, 0.15) is 5.58 Å². The van der Waals surface area contributed by atoms with E-state index in [0.717, 1.165) is 41.8 Å². The highest BCUT2D eigenvalue weighted by Gasteiger charge is 2.27. The number of likely N-dealkylation sites (N-methyl/N-ethyl adjacent to an activating group) is 1. The lowest BCUT2D eigenvalue weighted by atomic mass is 9.95. The summed E-state index contributed by atoms with van der Waals surface area (Å²) in [6.07, 6.45) is -0.468. The Bertz CT molecular complexity index is 968. The molecule has 1 saturated heterocycles. The van der Waals surface area contributed by atoms with Crippen LogP contribution in [0.15, 0.2) is 21.3 Å². The molecule has 0 unspecified atom stereocenters. The van der Waals surface area contributed by atoms with Gasteiger partial charge in [0, 0.05) is 48.9 Å². The molecule has 2 aliphatic heterocycles. The Kier molecular flexibility index (Phi) is 4.34. The number of rotatable bonds is 1. The second-order valence-electron chi connectivity index (χ2n) is 7.66. The van der Waals surface area contributed by atoms with Gasteiger partial charge in [0.15, 0.2) is 0 Å². The summed E-state index contributed by atoms with van der Waals surface area (Å²) in [5, 5.41) is 10.1. The molecule has 7 heteroatoms. The Morgan fingerprint density at radius 3 is 2.70 bits per heavy atom. The Labute approximate surface area is 157 Å². The van der Waals surface area contributed by atoms with E-state index in [1.807, 2.05) is 13.0 Å². The first-order chi connectivity index (χ1) is 12.9. The van der Waals surface area contributed by atoms with Crippen molar-refractivity contribution >= 4 is 22.7 Å². The van der Waals surface area contributed by atoms with Gasteiger partial charge in [-0.25, -0.2) is 9.59 Å². The van der Waals surface area contributed by atoms with Gasteiger partial charge in [0.25, 0.3) is 0 Å². The number of hydrogen-bond donors (Lipinski definition) is 1. The lowest BCUT2D eigenvalue weighted by molar-refractivity contribution is 0.139. The highest BCUT2D eigenvalue weighted by molar-refractivity contribution is 5.88. The Morgan fingerprint density at radius 1 is 1.22 bits per heavy atom. The van der Waals surface area contributed by atoms with Crippen LogP contribution in [0.3, 0.4) is 0 Å². The number of piperazine rings is 1. The Balaban J connectivity index is 1.78. The van der Waals surface area contributed by atoms with Crippen molar-refractivity contribution in [3.63, 3.8) is 0 Å². The number of aryl methyl sites for hydroxylation is 1. The van der Waals surface area contributed by atoms with Crippen molar-refractivity contribution in [1.82, 2.24) is 9.80 Å². The van der Waals surface area contributed by atoms with Crippen LogP contribution in [0.25, 0.3) is 11.0 Å². The van der Waals surface area contributed by atoms with Crippen LogP contribution in [0, 0.1) is 6.92 Å². The highest BCUT2D eigenvalue weighted by Crippen LogP contribution is 2.33. The second kappa shape index (κ2) is 6.56. The molecular formula is C20H25N3O4. The van der Waals surface area contributed by atoms with Gasteiger partial charge in [-0.15, -0.1) is 0 Å². The number of fused-ring (bicyclic) bond motifs is 3. The zero-order valence-electron chi connectivity index (χ0n) is 16.0. The fourth-order valence-corrected chi connectivity index (χ4v) is 4.23. The molecule has 1 atom stereocenters. The summed E-state index contributed by atoms with van der Waals surface area (Å²) in [5.41, 5.74) is 3.69. The van der Waals surface area contributed by atoms with Crippen LogP contribution in [-0.4, -0.2) is 60.3 Å². The molecule has 2 aliphatic rings. The van der Waals surface area contributed by atoms with Crippen LogP contribution >= 0.6 is 0 Å². The number of benzene rings is 1. The van der Waals surface area contributed by atoms with E-state index in [0.29, 0.717) is 30.2 Å². The minimum Gasteiger partial charge on any atom is -0.465 e. The third-order valence-corrected chi connectivity index (χ3v) is 6.06. The summed E-state index contributed by atoms with van der Waals surface area (Å²) in [6, 6.07) is 4.60. The van der Waals surface area contributed by atoms with Crippen molar-refractivity contribution in [2.45, 2.75) is 32.9 Å². The van der Waals surface area contributed by atoms with Gasteiger partial charge in [-0.05, 0) is 45.0 Å². The molecule has 4 rings (SSSR count). The first-order valence-electron chi connectivity index (χ1n) is 9.38. The predicted molar refractivity (Wildman–Crippen MR) is 104 cm³/mol. The zero-order chi connectivity index (χ0) is 19.3. The molecule has 27 heavy (non-hydrogen) atoms. The maximum absolute atomic E-state index is 12.6. The van der Waals surface area contributed by atoms with Crippen molar-refractivity contribution in [2.24, 2.45) is 0 Å². The van der Waals surface area contributed by atoms with E-state index in [4.69, 9.17) is 4.42 Å². The summed E-state index contributed by atoms with van der Waals surface area (Å²) >= 11 is 0. The lowest BCUT2D eigenvalue weighted by Crippen LogP contribution is -2.50. The van der Waals surface area contributed by atoms with Crippen LogP contribution in [0.5, 0.6) is 0 Å². The van der Waals surface area contributed by atoms with Gasteiger partial charge in [-0.2, -0.15) is 0 Å². The first kappa shape index (κ1) is 17.9. The summed E-state index contributed by atoms with van der Waals surface area (Å²) in [7, 11) is 2.14. The Morgan fingerprint density at radius 2 is 2.00 bits per heavy atom. The SMILES string of the molecule is Cc1c(N2CCN(C)[C@@H](C)C2)ccc2c3c(c(=O)oc12)CN(C(=O)O)CC3. The van der Waals surface area contributed by atoms with Crippen molar-refractivity contribution < 1.29 is 14.3 Å². The molecular weight excluding hydrogens is 346 g/mol. The molecule has 0 spiro atoms. The molecule has 1 N–H and O–H groups in total. The zero-order valence-corrected chi connectivity index (χ0v) is 16.0. The van der Waals surface area contributed by atoms with E-state index in [2.05, 4.69) is 29.8 Å². The van der Waals surface area contributed by atoms with Crippen LogP contribution in [0.2, 0.25) is 0 Å². The van der Waals surface area contributed by atoms with Gasteiger partial charge in [-0.3, -0.25) is 0 Å². The van der Waals surface area contributed by atoms with Crippen molar-refractivity contribution in [1.29, 1.82) is 0 Å². The fraction of sp³-hybridized carbons (Fsp3) is 0.500.